The summed E-state index contributed by atoms with van der Waals surface area (Å²) in [6.45, 7) is 4.53. The monoisotopic (exact) mass is 277 g/mol. The molecule has 0 amide bonds. The summed E-state index contributed by atoms with van der Waals surface area (Å²) >= 11 is 0. The highest BCUT2D eigenvalue weighted by Gasteiger charge is 2.18. The molecule has 1 fully saturated rings. The summed E-state index contributed by atoms with van der Waals surface area (Å²) in [5, 5.41) is 3.47. The molecule has 0 aliphatic carbocycles. The molecule has 2 aliphatic heterocycles. The van der Waals surface area contributed by atoms with Crippen LogP contribution in [-0.4, -0.2) is 44.8 Å². The predicted octanol–water partition coefficient (Wildman–Crippen LogP) is 1.79. The van der Waals surface area contributed by atoms with E-state index < -0.39 is 0 Å². The van der Waals surface area contributed by atoms with Crippen LogP contribution in [0.5, 0.6) is 11.5 Å². The largest absolute Gasteiger partial charge is 0.486 e. The molecule has 3 N–H and O–H groups in total. The van der Waals surface area contributed by atoms with Gasteiger partial charge in [0.15, 0.2) is 11.5 Å². The van der Waals surface area contributed by atoms with Crippen LogP contribution in [0.25, 0.3) is 0 Å². The third kappa shape index (κ3) is 2.93. The molecule has 0 radical (unpaired) electrons. The smallest absolute Gasteiger partial charge is 0.163 e. The van der Waals surface area contributed by atoms with Crippen LogP contribution in [-0.2, 0) is 0 Å². The lowest BCUT2D eigenvalue weighted by atomic mass is 9.97. The standard InChI is InChI=1S/C15H23N3O2/c1-18-4-2-11(3-5-18)10-17-13-9-15-14(8-12(13)16)19-6-7-20-15/h8-9,11,17H,2-7,10,16H2,1H3. The van der Waals surface area contributed by atoms with Crippen molar-refractivity contribution in [3.63, 3.8) is 0 Å². The van der Waals surface area contributed by atoms with Crippen molar-refractivity contribution >= 4 is 11.4 Å². The SMILES string of the molecule is CN1CCC(CNc2cc3c(cc2N)OCCO3)CC1. The summed E-state index contributed by atoms with van der Waals surface area (Å²) < 4.78 is 11.1. The van der Waals surface area contributed by atoms with Gasteiger partial charge in [0.05, 0.1) is 11.4 Å². The number of nitrogens with zero attached hydrogens (tertiary/aromatic N) is 1. The van der Waals surface area contributed by atoms with Crippen molar-refractivity contribution < 1.29 is 9.47 Å². The first kappa shape index (κ1) is 13.4. The van der Waals surface area contributed by atoms with E-state index in [1.54, 1.807) is 0 Å². The van der Waals surface area contributed by atoms with Gasteiger partial charge in [0, 0.05) is 18.7 Å². The highest BCUT2D eigenvalue weighted by Crippen LogP contribution is 2.37. The van der Waals surface area contributed by atoms with Gasteiger partial charge in [-0.05, 0) is 38.9 Å². The van der Waals surface area contributed by atoms with Gasteiger partial charge < -0.3 is 25.4 Å². The number of nitrogen functional groups attached to an aromatic ring is 1. The molecule has 5 nitrogen and oxygen atoms in total. The van der Waals surface area contributed by atoms with E-state index in [1.165, 1.54) is 25.9 Å². The molecule has 5 heteroatoms. The molecule has 2 aliphatic rings. The fourth-order valence-corrected chi connectivity index (χ4v) is 2.78. The summed E-state index contributed by atoms with van der Waals surface area (Å²) in [5.41, 5.74) is 7.75. The second-order valence-corrected chi connectivity index (χ2v) is 5.71. The van der Waals surface area contributed by atoms with E-state index >= 15 is 0 Å². The summed E-state index contributed by atoms with van der Waals surface area (Å²) in [6.07, 6.45) is 2.49. The van der Waals surface area contributed by atoms with Crippen LogP contribution in [0.4, 0.5) is 11.4 Å². The topological polar surface area (TPSA) is 59.8 Å². The third-order valence-electron chi connectivity index (χ3n) is 4.13. The predicted molar refractivity (Wildman–Crippen MR) is 80.6 cm³/mol. The van der Waals surface area contributed by atoms with E-state index in [4.69, 9.17) is 15.2 Å². The molecule has 0 bridgehead atoms. The maximum Gasteiger partial charge on any atom is 0.163 e. The summed E-state index contributed by atoms with van der Waals surface area (Å²) in [7, 11) is 2.18. The van der Waals surface area contributed by atoms with Gasteiger partial charge in [-0.1, -0.05) is 0 Å². The van der Waals surface area contributed by atoms with Crippen molar-refractivity contribution in [3.05, 3.63) is 12.1 Å². The lowest BCUT2D eigenvalue weighted by Crippen LogP contribution is -2.33. The van der Waals surface area contributed by atoms with Gasteiger partial charge in [-0.3, -0.25) is 0 Å². The molecule has 1 aromatic rings. The Balaban J connectivity index is 1.62. The maximum absolute atomic E-state index is 6.08. The van der Waals surface area contributed by atoms with Gasteiger partial charge in [-0.15, -0.1) is 0 Å². The molecule has 0 aromatic heterocycles. The maximum atomic E-state index is 6.08. The van der Waals surface area contributed by atoms with Crippen LogP contribution in [0.3, 0.4) is 0 Å². The highest BCUT2D eigenvalue weighted by atomic mass is 16.6. The van der Waals surface area contributed by atoms with Crippen molar-refractivity contribution in [2.24, 2.45) is 5.92 Å². The minimum Gasteiger partial charge on any atom is -0.486 e. The quantitative estimate of drug-likeness (QED) is 0.825. The Kier molecular flexibility index (Phi) is 3.87. The highest BCUT2D eigenvalue weighted by molar-refractivity contribution is 5.72. The van der Waals surface area contributed by atoms with Crippen LogP contribution in [0.2, 0.25) is 0 Å². The van der Waals surface area contributed by atoms with E-state index in [9.17, 15) is 0 Å². The van der Waals surface area contributed by atoms with Gasteiger partial charge in [-0.2, -0.15) is 0 Å². The molecule has 0 saturated carbocycles. The zero-order valence-electron chi connectivity index (χ0n) is 12.0. The second kappa shape index (κ2) is 5.79. The van der Waals surface area contributed by atoms with Crippen LogP contribution < -0.4 is 20.5 Å². The van der Waals surface area contributed by atoms with E-state index in [2.05, 4.69) is 17.3 Å². The first-order chi connectivity index (χ1) is 9.72. The molecule has 0 unspecified atom stereocenters. The Bertz CT molecular complexity index is 470. The second-order valence-electron chi connectivity index (χ2n) is 5.71. The van der Waals surface area contributed by atoms with Crippen LogP contribution in [0.15, 0.2) is 12.1 Å². The number of nitrogens with one attached hydrogen (secondary N) is 1. The van der Waals surface area contributed by atoms with E-state index in [0.717, 1.165) is 35.3 Å². The Morgan fingerprint density at radius 2 is 1.85 bits per heavy atom. The molecule has 110 valence electrons. The van der Waals surface area contributed by atoms with Crippen molar-refractivity contribution in [2.75, 3.05) is 50.9 Å². The average molecular weight is 277 g/mol. The molecule has 1 aromatic carbocycles. The molecule has 20 heavy (non-hydrogen) atoms. The number of nitrogens with two attached hydrogens (primary N) is 1. The summed E-state index contributed by atoms with van der Waals surface area (Å²) in [5.74, 6) is 2.26. The molecular formula is C15H23N3O2. The van der Waals surface area contributed by atoms with E-state index in [-0.39, 0.29) is 0 Å². The number of ether oxygens (including phenoxy) is 2. The van der Waals surface area contributed by atoms with Gasteiger partial charge in [0.2, 0.25) is 0 Å². The Labute approximate surface area is 120 Å². The van der Waals surface area contributed by atoms with Crippen LogP contribution in [0.1, 0.15) is 12.8 Å². The fraction of sp³-hybridized carbons (Fsp3) is 0.600. The molecule has 2 heterocycles. The van der Waals surface area contributed by atoms with Gasteiger partial charge in [-0.25, -0.2) is 0 Å². The minimum atomic E-state index is 0.592. The first-order valence-electron chi connectivity index (χ1n) is 7.34. The Morgan fingerprint density at radius 3 is 2.55 bits per heavy atom. The zero-order valence-corrected chi connectivity index (χ0v) is 12.0. The lowest BCUT2D eigenvalue weighted by molar-refractivity contribution is 0.172. The van der Waals surface area contributed by atoms with Crippen molar-refractivity contribution in [1.82, 2.24) is 4.90 Å². The van der Waals surface area contributed by atoms with Crippen molar-refractivity contribution in [1.29, 1.82) is 0 Å². The van der Waals surface area contributed by atoms with Crippen LogP contribution in [0, 0.1) is 5.92 Å². The number of piperidine rings is 1. The Morgan fingerprint density at radius 1 is 1.20 bits per heavy atom. The number of benzene rings is 1. The first-order valence-corrected chi connectivity index (χ1v) is 7.34. The Hall–Kier alpha value is -1.62. The van der Waals surface area contributed by atoms with Gasteiger partial charge >= 0.3 is 0 Å². The number of fused-ring (bicyclic) bond motifs is 1. The lowest BCUT2D eigenvalue weighted by Gasteiger charge is -2.29. The van der Waals surface area contributed by atoms with E-state index in [1.807, 2.05) is 12.1 Å². The number of anilines is 2. The molecule has 1 saturated heterocycles. The normalized spacial score (nSPS) is 19.9. The van der Waals surface area contributed by atoms with E-state index in [0.29, 0.717) is 13.2 Å². The number of hydrogen-bond donors (Lipinski definition) is 2. The van der Waals surface area contributed by atoms with Crippen molar-refractivity contribution in [3.8, 4) is 11.5 Å². The average Bonchev–Trinajstić information content (AvgIpc) is 2.47. The third-order valence-corrected chi connectivity index (χ3v) is 4.13. The summed E-state index contributed by atoms with van der Waals surface area (Å²) in [4.78, 5) is 2.38. The number of rotatable bonds is 3. The minimum absolute atomic E-state index is 0.592. The molecule has 0 atom stereocenters. The van der Waals surface area contributed by atoms with Gasteiger partial charge in [0.25, 0.3) is 0 Å². The fourth-order valence-electron chi connectivity index (χ4n) is 2.78. The summed E-state index contributed by atoms with van der Waals surface area (Å²) in [6, 6.07) is 3.81. The van der Waals surface area contributed by atoms with Gasteiger partial charge in [0.1, 0.15) is 13.2 Å². The van der Waals surface area contributed by atoms with Crippen molar-refractivity contribution in [2.45, 2.75) is 12.8 Å². The van der Waals surface area contributed by atoms with Crippen LogP contribution >= 0.6 is 0 Å². The number of likely N-dealkylation sites (tertiary alicyclic amines) is 1. The molecular weight excluding hydrogens is 254 g/mol. The molecule has 0 spiro atoms. The zero-order chi connectivity index (χ0) is 13.9. The molecule has 3 rings (SSSR count). The number of hydrogen-bond acceptors (Lipinski definition) is 5.